The second-order valence-electron chi connectivity index (χ2n) is 6.33. The number of pyridine rings is 1. The summed E-state index contributed by atoms with van der Waals surface area (Å²) < 4.78 is 11.9. The minimum Gasteiger partial charge on any atom is -0.438 e. The molecule has 0 saturated carbocycles. The smallest absolute Gasteiger partial charge is 0.336 e. The van der Waals surface area contributed by atoms with Gasteiger partial charge in [0.05, 0.1) is 0 Å². The zero-order valence-corrected chi connectivity index (χ0v) is 16.9. The molecule has 0 bridgehead atoms. The Bertz CT molecular complexity index is 1280. The molecule has 2 aromatic heterocycles. The van der Waals surface area contributed by atoms with Crippen LogP contribution in [-0.4, -0.2) is 10.9 Å². The summed E-state index contributed by atoms with van der Waals surface area (Å²) in [4.78, 5) is 28.6. The lowest BCUT2D eigenvalue weighted by Gasteiger charge is -2.11. The van der Waals surface area contributed by atoms with E-state index in [0.29, 0.717) is 17.0 Å². The Kier molecular flexibility index (Phi) is 5.14. The summed E-state index contributed by atoms with van der Waals surface area (Å²) in [6, 6.07) is 17.1. The predicted octanol–water partition coefficient (Wildman–Crippen LogP) is 5.30. The van der Waals surface area contributed by atoms with Gasteiger partial charge in [-0.05, 0) is 55.0 Å². The quantitative estimate of drug-likeness (QED) is 0.426. The molecule has 2 aromatic carbocycles. The zero-order chi connectivity index (χ0) is 20.4. The van der Waals surface area contributed by atoms with Crippen LogP contribution in [-0.2, 0) is 0 Å². The molecule has 0 unspecified atom stereocenters. The van der Waals surface area contributed by atoms with E-state index < -0.39 is 11.5 Å². The number of nitrogens with zero attached hydrogens (tertiary/aromatic N) is 1. The lowest BCUT2D eigenvalue weighted by Crippen LogP contribution is -2.13. The Morgan fingerprint density at radius 2 is 1.97 bits per heavy atom. The maximum Gasteiger partial charge on any atom is 0.336 e. The van der Waals surface area contributed by atoms with Crippen molar-refractivity contribution in [3.63, 3.8) is 0 Å². The van der Waals surface area contributed by atoms with Crippen LogP contribution in [0.3, 0.4) is 0 Å². The van der Waals surface area contributed by atoms with Gasteiger partial charge in [0.25, 0.3) is 5.91 Å². The number of aromatic nitrogens is 1. The number of rotatable bonds is 4. The van der Waals surface area contributed by atoms with E-state index in [9.17, 15) is 9.59 Å². The third-order valence-electron chi connectivity index (χ3n) is 4.24. The SMILES string of the molecule is Cc1cc(=O)oc2cc(NC(=O)c3cccnc3Oc3cccc(Br)c3)ccc12. The first kappa shape index (κ1) is 18.9. The normalized spacial score (nSPS) is 10.7. The van der Waals surface area contributed by atoms with Gasteiger partial charge in [-0.15, -0.1) is 0 Å². The molecular formula is C22H15BrN2O4. The molecule has 6 nitrogen and oxygen atoms in total. The van der Waals surface area contributed by atoms with Crippen LogP contribution in [0.15, 0.2) is 80.5 Å². The van der Waals surface area contributed by atoms with Crippen LogP contribution in [0.4, 0.5) is 5.69 Å². The molecule has 4 aromatic rings. The molecule has 0 aliphatic carbocycles. The summed E-state index contributed by atoms with van der Waals surface area (Å²) in [5.41, 5.74) is 1.55. The van der Waals surface area contributed by atoms with Gasteiger partial charge in [-0.25, -0.2) is 9.78 Å². The summed E-state index contributed by atoms with van der Waals surface area (Å²) in [6.07, 6.45) is 1.55. The highest BCUT2D eigenvalue weighted by Crippen LogP contribution is 2.27. The van der Waals surface area contributed by atoms with Crippen LogP contribution in [0.5, 0.6) is 11.6 Å². The monoisotopic (exact) mass is 450 g/mol. The van der Waals surface area contributed by atoms with Crippen LogP contribution in [0.1, 0.15) is 15.9 Å². The van der Waals surface area contributed by atoms with Gasteiger partial charge in [-0.2, -0.15) is 0 Å². The van der Waals surface area contributed by atoms with E-state index in [2.05, 4.69) is 26.2 Å². The van der Waals surface area contributed by atoms with Crippen molar-refractivity contribution in [2.75, 3.05) is 5.32 Å². The Morgan fingerprint density at radius 3 is 2.79 bits per heavy atom. The number of carbonyl (C=O) groups excluding carboxylic acids is 1. The van der Waals surface area contributed by atoms with E-state index in [-0.39, 0.29) is 11.4 Å². The van der Waals surface area contributed by atoms with Crippen molar-refractivity contribution in [3.05, 3.63) is 92.9 Å². The summed E-state index contributed by atoms with van der Waals surface area (Å²) in [5, 5.41) is 3.60. The van der Waals surface area contributed by atoms with Crippen LogP contribution in [0.2, 0.25) is 0 Å². The van der Waals surface area contributed by atoms with Gasteiger partial charge in [0.2, 0.25) is 5.88 Å². The molecule has 0 saturated heterocycles. The first-order valence-corrected chi connectivity index (χ1v) is 9.53. The molecule has 0 fully saturated rings. The number of carbonyl (C=O) groups is 1. The number of hydrogen-bond acceptors (Lipinski definition) is 5. The fourth-order valence-electron chi connectivity index (χ4n) is 2.89. The van der Waals surface area contributed by atoms with Gasteiger partial charge in [-0.1, -0.05) is 22.0 Å². The average molecular weight is 451 g/mol. The predicted molar refractivity (Wildman–Crippen MR) is 114 cm³/mol. The molecule has 144 valence electrons. The molecule has 0 aliphatic heterocycles. The molecule has 2 heterocycles. The number of fused-ring (bicyclic) bond motifs is 1. The molecular weight excluding hydrogens is 436 g/mol. The highest BCUT2D eigenvalue weighted by Gasteiger charge is 2.15. The second kappa shape index (κ2) is 7.89. The Hall–Kier alpha value is -3.45. The molecule has 0 spiro atoms. The number of benzene rings is 2. The minimum atomic E-state index is -0.435. The van der Waals surface area contributed by atoms with E-state index >= 15 is 0 Å². The molecule has 1 N–H and O–H groups in total. The Labute approximate surface area is 174 Å². The molecule has 7 heteroatoms. The van der Waals surface area contributed by atoms with Crippen molar-refractivity contribution in [1.82, 2.24) is 4.98 Å². The van der Waals surface area contributed by atoms with Gasteiger partial charge in [0.15, 0.2) is 0 Å². The van der Waals surface area contributed by atoms with E-state index in [1.807, 2.05) is 19.1 Å². The molecule has 1 amide bonds. The Morgan fingerprint density at radius 1 is 1.10 bits per heavy atom. The minimum absolute atomic E-state index is 0.186. The molecule has 0 radical (unpaired) electrons. The third kappa shape index (κ3) is 4.20. The highest BCUT2D eigenvalue weighted by molar-refractivity contribution is 9.10. The number of anilines is 1. The van der Waals surface area contributed by atoms with Gasteiger partial charge in [0.1, 0.15) is 16.9 Å². The van der Waals surface area contributed by atoms with Crippen LogP contribution >= 0.6 is 15.9 Å². The lowest BCUT2D eigenvalue weighted by atomic mass is 10.1. The van der Waals surface area contributed by atoms with Crippen molar-refractivity contribution in [1.29, 1.82) is 0 Å². The lowest BCUT2D eigenvalue weighted by molar-refractivity contribution is 0.102. The van der Waals surface area contributed by atoms with Crippen molar-refractivity contribution in [2.24, 2.45) is 0 Å². The maximum absolute atomic E-state index is 12.8. The van der Waals surface area contributed by atoms with E-state index in [1.54, 1.807) is 48.7 Å². The van der Waals surface area contributed by atoms with Crippen molar-refractivity contribution < 1.29 is 13.9 Å². The summed E-state index contributed by atoms with van der Waals surface area (Å²) >= 11 is 3.39. The second-order valence-corrected chi connectivity index (χ2v) is 7.24. The van der Waals surface area contributed by atoms with E-state index in [4.69, 9.17) is 9.15 Å². The van der Waals surface area contributed by atoms with Crippen LogP contribution in [0, 0.1) is 6.92 Å². The number of aryl methyl sites for hydroxylation is 1. The van der Waals surface area contributed by atoms with Gasteiger partial charge < -0.3 is 14.5 Å². The van der Waals surface area contributed by atoms with E-state index in [1.165, 1.54) is 6.07 Å². The number of ether oxygens (including phenoxy) is 1. The molecule has 0 aliphatic rings. The van der Waals surface area contributed by atoms with Crippen molar-refractivity contribution in [3.8, 4) is 11.6 Å². The van der Waals surface area contributed by atoms with Gasteiger partial charge in [0, 0.05) is 33.9 Å². The number of nitrogens with one attached hydrogen (secondary N) is 1. The third-order valence-corrected chi connectivity index (χ3v) is 4.73. The summed E-state index contributed by atoms with van der Waals surface area (Å²) in [7, 11) is 0. The topological polar surface area (TPSA) is 81.4 Å². The van der Waals surface area contributed by atoms with E-state index in [0.717, 1.165) is 15.4 Å². The summed E-state index contributed by atoms with van der Waals surface area (Å²) in [5.74, 6) is 0.346. The van der Waals surface area contributed by atoms with Crippen LogP contribution < -0.4 is 15.7 Å². The van der Waals surface area contributed by atoms with Gasteiger partial charge in [-0.3, -0.25) is 4.79 Å². The first-order chi connectivity index (χ1) is 14.0. The van der Waals surface area contributed by atoms with Crippen LogP contribution in [0.25, 0.3) is 11.0 Å². The fraction of sp³-hybridized carbons (Fsp3) is 0.0455. The summed E-state index contributed by atoms with van der Waals surface area (Å²) in [6.45, 7) is 1.83. The maximum atomic E-state index is 12.8. The largest absolute Gasteiger partial charge is 0.438 e. The standard InChI is InChI=1S/C22H15BrN2O4/c1-13-10-20(26)29-19-12-15(7-8-17(13)19)25-21(27)18-6-3-9-24-22(18)28-16-5-2-4-14(23)11-16/h2-12H,1H3,(H,25,27). The molecule has 0 atom stereocenters. The Balaban J connectivity index is 1.62. The molecule has 29 heavy (non-hydrogen) atoms. The first-order valence-electron chi connectivity index (χ1n) is 8.74. The number of halogens is 1. The zero-order valence-electron chi connectivity index (χ0n) is 15.3. The molecule has 4 rings (SSSR count). The van der Waals surface area contributed by atoms with Gasteiger partial charge >= 0.3 is 5.63 Å². The average Bonchev–Trinajstić information content (AvgIpc) is 2.68. The number of amides is 1. The number of hydrogen-bond donors (Lipinski definition) is 1. The van der Waals surface area contributed by atoms with Crippen molar-refractivity contribution in [2.45, 2.75) is 6.92 Å². The van der Waals surface area contributed by atoms with Crippen molar-refractivity contribution >= 4 is 38.5 Å². The highest BCUT2D eigenvalue weighted by atomic mass is 79.9. The fourth-order valence-corrected chi connectivity index (χ4v) is 3.27.